The SMILES string of the molecule is CCOc1ccc(C(O)c2ccc(Br)o2)cc1OCC. The molecule has 1 unspecified atom stereocenters. The van der Waals surface area contributed by atoms with E-state index in [0.717, 1.165) is 0 Å². The van der Waals surface area contributed by atoms with E-state index in [1.807, 2.05) is 13.8 Å². The molecule has 1 aromatic heterocycles. The number of furan rings is 1. The van der Waals surface area contributed by atoms with Crippen LogP contribution in [0.5, 0.6) is 11.5 Å². The maximum atomic E-state index is 10.3. The predicted octanol–water partition coefficient (Wildman–Crippen LogP) is 3.92. The van der Waals surface area contributed by atoms with Gasteiger partial charge in [0.15, 0.2) is 16.2 Å². The van der Waals surface area contributed by atoms with Gasteiger partial charge in [-0.3, -0.25) is 0 Å². The third-order valence-corrected chi connectivity index (χ3v) is 3.17. The van der Waals surface area contributed by atoms with E-state index in [1.54, 1.807) is 30.3 Å². The van der Waals surface area contributed by atoms with Crippen molar-refractivity contribution in [2.24, 2.45) is 0 Å². The zero-order valence-electron chi connectivity index (χ0n) is 11.4. The quantitative estimate of drug-likeness (QED) is 0.865. The number of rotatable bonds is 6. The van der Waals surface area contributed by atoms with Gasteiger partial charge in [0.25, 0.3) is 0 Å². The molecule has 1 aromatic carbocycles. The topological polar surface area (TPSA) is 51.8 Å². The Balaban J connectivity index is 2.29. The molecule has 0 aliphatic carbocycles. The van der Waals surface area contributed by atoms with E-state index in [9.17, 15) is 5.11 Å². The molecule has 0 spiro atoms. The van der Waals surface area contributed by atoms with Gasteiger partial charge in [-0.15, -0.1) is 0 Å². The van der Waals surface area contributed by atoms with Gasteiger partial charge in [-0.05, 0) is 59.6 Å². The normalized spacial score (nSPS) is 12.2. The van der Waals surface area contributed by atoms with Crippen LogP contribution in [0.15, 0.2) is 39.4 Å². The Morgan fingerprint density at radius 2 is 1.80 bits per heavy atom. The van der Waals surface area contributed by atoms with Crippen LogP contribution in [0.4, 0.5) is 0 Å². The summed E-state index contributed by atoms with van der Waals surface area (Å²) in [6, 6.07) is 8.84. The molecular weight excluding hydrogens is 324 g/mol. The van der Waals surface area contributed by atoms with Crippen LogP contribution in [0.3, 0.4) is 0 Å². The Morgan fingerprint density at radius 3 is 2.40 bits per heavy atom. The van der Waals surface area contributed by atoms with E-state index in [2.05, 4.69) is 15.9 Å². The average Bonchev–Trinajstić information content (AvgIpc) is 2.87. The highest BCUT2D eigenvalue weighted by Crippen LogP contribution is 2.33. The van der Waals surface area contributed by atoms with Crippen molar-refractivity contribution in [1.29, 1.82) is 0 Å². The van der Waals surface area contributed by atoms with Crippen LogP contribution < -0.4 is 9.47 Å². The first kappa shape index (κ1) is 14.9. The van der Waals surface area contributed by atoms with E-state index >= 15 is 0 Å². The van der Waals surface area contributed by atoms with E-state index in [4.69, 9.17) is 13.9 Å². The minimum absolute atomic E-state index is 0.475. The summed E-state index contributed by atoms with van der Waals surface area (Å²) in [5, 5.41) is 10.3. The molecule has 1 heterocycles. The first-order valence-corrected chi connectivity index (χ1v) is 7.27. The van der Waals surface area contributed by atoms with E-state index in [-0.39, 0.29) is 0 Å². The van der Waals surface area contributed by atoms with Crippen LogP contribution in [0.2, 0.25) is 0 Å². The number of hydrogen-bond donors (Lipinski definition) is 1. The first-order chi connectivity index (χ1) is 9.65. The molecule has 0 radical (unpaired) electrons. The number of aliphatic hydroxyl groups is 1. The molecule has 1 atom stereocenters. The minimum Gasteiger partial charge on any atom is -0.490 e. The predicted molar refractivity (Wildman–Crippen MR) is 79.2 cm³/mol. The van der Waals surface area contributed by atoms with Crippen LogP contribution >= 0.6 is 15.9 Å². The molecule has 0 aliphatic heterocycles. The van der Waals surface area contributed by atoms with Crippen molar-refractivity contribution >= 4 is 15.9 Å². The molecule has 0 aliphatic rings. The number of benzene rings is 1. The summed E-state index contributed by atoms with van der Waals surface area (Å²) in [4.78, 5) is 0. The lowest BCUT2D eigenvalue weighted by molar-refractivity contribution is 0.186. The van der Waals surface area contributed by atoms with Crippen LogP contribution in [-0.2, 0) is 0 Å². The smallest absolute Gasteiger partial charge is 0.169 e. The summed E-state index contributed by atoms with van der Waals surface area (Å²) in [6.07, 6.45) is -0.837. The lowest BCUT2D eigenvalue weighted by Gasteiger charge is -2.14. The molecule has 0 bridgehead atoms. The highest BCUT2D eigenvalue weighted by molar-refractivity contribution is 9.10. The maximum Gasteiger partial charge on any atom is 0.169 e. The lowest BCUT2D eigenvalue weighted by Crippen LogP contribution is -2.02. The zero-order valence-corrected chi connectivity index (χ0v) is 13.0. The maximum absolute atomic E-state index is 10.3. The van der Waals surface area contributed by atoms with Gasteiger partial charge in [0.05, 0.1) is 13.2 Å². The van der Waals surface area contributed by atoms with E-state index < -0.39 is 6.10 Å². The van der Waals surface area contributed by atoms with Crippen LogP contribution in [0, 0.1) is 0 Å². The van der Waals surface area contributed by atoms with Gasteiger partial charge in [0.1, 0.15) is 11.9 Å². The van der Waals surface area contributed by atoms with Crippen molar-refractivity contribution in [3.63, 3.8) is 0 Å². The second-order valence-electron chi connectivity index (χ2n) is 4.12. The fraction of sp³-hybridized carbons (Fsp3) is 0.333. The molecule has 1 N–H and O–H groups in total. The van der Waals surface area contributed by atoms with Gasteiger partial charge in [-0.2, -0.15) is 0 Å². The molecule has 0 saturated heterocycles. The first-order valence-electron chi connectivity index (χ1n) is 6.48. The summed E-state index contributed by atoms with van der Waals surface area (Å²) >= 11 is 3.22. The largest absolute Gasteiger partial charge is 0.490 e. The second kappa shape index (κ2) is 6.81. The Kier molecular flexibility index (Phi) is 5.09. The lowest BCUT2D eigenvalue weighted by atomic mass is 10.1. The molecule has 2 aromatic rings. The number of halogens is 1. The van der Waals surface area contributed by atoms with Gasteiger partial charge in [0.2, 0.25) is 0 Å². The standard InChI is InChI=1S/C15H17BrO4/c1-3-18-11-6-5-10(9-13(11)19-4-2)15(17)12-7-8-14(16)20-12/h5-9,15,17H,3-4H2,1-2H3. The summed E-state index contributed by atoms with van der Waals surface area (Å²) < 4.78 is 17.0. The molecule has 0 amide bonds. The van der Waals surface area contributed by atoms with E-state index in [0.29, 0.717) is 40.7 Å². The van der Waals surface area contributed by atoms with Crippen molar-refractivity contribution in [1.82, 2.24) is 0 Å². The van der Waals surface area contributed by atoms with Gasteiger partial charge < -0.3 is 19.0 Å². The highest BCUT2D eigenvalue weighted by atomic mass is 79.9. The van der Waals surface area contributed by atoms with Gasteiger partial charge in [0, 0.05) is 0 Å². The third-order valence-electron chi connectivity index (χ3n) is 2.75. The Hall–Kier alpha value is -1.46. The number of aliphatic hydroxyl groups excluding tert-OH is 1. The highest BCUT2D eigenvalue weighted by Gasteiger charge is 2.17. The molecule has 20 heavy (non-hydrogen) atoms. The van der Waals surface area contributed by atoms with E-state index in [1.165, 1.54) is 0 Å². The minimum atomic E-state index is -0.837. The summed E-state index contributed by atoms with van der Waals surface area (Å²) in [5.74, 6) is 1.77. The molecule has 0 fully saturated rings. The van der Waals surface area contributed by atoms with Crippen LogP contribution in [-0.4, -0.2) is 18.3 Å². The van der Waals surface area contributed by atoms with Gasteiger partial charge >= 0.3 is 0 Å². The Bertz CT molecular complexity index is 565. The summed E-state index contributed by atoms with van der Waals surface area (Å²) in [5.41, 5.74) is 0.693. The summed E-state index contributed by atoms with van der Waals surface area (Å²) in [6.45, 7) is 4.92. The van der Waals surface area contributed by atoms with Crippen molar-refractivity contribution < 1.29 is 19.0 Å². The second-order valence-corrected chi connectivity index (χ2v) is 4.90. The average molecular weight is 341 g/mol. The van der Waals surface area contributed by atoms with Crippen molar-refractivity contribution in [2.75, 3.05) is 13.2 Å². The fourth-order valence-electron chi connectivity index (χ4n) is 1.88. The van der Waals surface area contributed by atoms with Crippen molar-refractivity contribution in [2.45, 2.75) is 20.0 Å². The molecule has 108 valence electrons. The molecular formula is C15H17BrO4. The molecule has 2 rings (SSSR count). The van der Waals surface area contributed by atoms with Crippen LogP contribution in [0.25, 0.3) is 0 Å². The van der Waals surface area contributed by atoms with Gasteiger partial charge in [-0.25, -0.2) is 0 Å². The summed E-state index contributed by atoms with van der Waals surface area (Å²) in [7, 11) is 0. The van der Waals surface area contributed by atoms with Crippen LogP contribution in [0.1, 0.15) is 31.3 Å². The Morgan fingerprint density at radius 1 is 1.10 bits per heavy atom. The monoisotopic (exact) mass is 340 g/mol. The van der Waals surface area contributed by atoms with Crippen molar-refractivity contribution in [3.05, 3.63) is 46.3 Å². The molecule has 0 saturated carbocycles. The fourth-order valence-corrected chi connectivity index (χ4v) is 2.20. The Labute approximate surface area is 126 Å². The molecule has 5 heteroatoms. The molecule has 4 nitrogen and oxygen atoms in total. The third kappa shape index (κ3) is 3.35. The number of hydrogen-bond acceptors (Lipinski definition) is 4. The van der Waals surface area contributed by atoms with Crippen molar-refractivity contribution in [3.8, 4) is 11.5 Å². The van der Waals surface area contributed by atoms with Gasteiger partial charge in [-0.1, -0.05) is 6.07 Å². The number of ether oxygens (including phenoxy) is 2. The zero-order chi connectivity index (χ0) is 14.5.